The van der Waals surface area contributed by atoms with Crippen molar-refractivity contribution in [2.75, 3.05) is 53.1 Å². The lowest BCUT2D eigenvalue weighted by atomic mass is 10.2. The van der Waals surface area contributed by atoms with Crippen LogP contribution in [0.15, 0.2) is 42.6 Å². The monoisotopic (exact) mass is 401 g/mol. The minimum absolute atomic E-state index is 0.232. The van der Waals surface area contributed by atoms with E-state index in [4.69, 9.17) is 14.2 Å². The van der Waals surface area contributed by atoms with Crippen molar-refractivity contribution >= 4 is 0 Å². The average Bonchev–Trinajstić information content (AvgIpc) is 2.77. The SMILES string of the molecule is COc1cc(CNCCc2ccccn2)ccc1OCC(O)CN1CCOCC1. The summed E-state index contributed by atoms with van der Waals surface area (Å²) in [5.74, 6) is 1.32. The highest BCUT2D eigenvalue weighted by atomic mass is 16.5. The van der Waals surface area contributed by atoms with Crippen LogP contribution in [0.2, 0.25) is 0 Å². The summed E-state index contributed by atoms with van der Waals surface area (Å²) in [5, 5.41) is 13.7. The van der Waals surface area contributed by atoms with E-state index >= 15 is 0 Å². The maximum Gasteiger partial charge on any atom is 0.161 e. The average molecular weight is 402 g/mol. The van der Waals surface area contributed by atoms with Crippen LogP contribution in [0.3, 0.4) is 0 Å². The predicted molar refractivity (Wildman–Crippen MR) is 111 cm³/mol. The van der Waals surface area contributed by atoms with Crippen LogP contribution in [-0.2, 0) is 17.7 Å². The first-order valence-corrected chi connectivity index (χ1v) is 10.1. The van der Waals surface area contributed by atoms with Crippen molar-refractivity contribution in [1.29, 1.82) is 0 Å². The van der Waals surface area contributed by atoms with Crippen molar-refractivity contribution in [3.63, 3.8) is 0 Å². The molecule has 29 heavy (non-hydrogen) atoms. The highest BCUT2D eigenvalue weighted by molar-refractivity contribution is 5.43. The van der Waals surface area contributed by atoms with Crippen LogP contribution in [0.1, 0.15) is 11.3 Å². The number of hydrogen-bond donors (Lipinski definition) is 2. The number of benzene rings is 1. The molecule has 1 aromatic carbocycles. The van der Waals surface area contributed by atoms with E-state index in [1.807, 2.05) is 42.6 Å². The Kier molecular flexibility index (Phi) is 8.70. The maximum absolute atomic E-state index is 10.3. The zero-order valence-electron chi connectivity index (χ0n) is 17.0. The first-order valence-electron chi connectivity index (χ1n) is 10.1. The lowest BCUT2D eigenvalue weighted by molar-refractivity contribution is 0.00445. The van der Waals surface area contributed by atoms with Crippen molar-refractivity contribution in [3.8, 4) is 11.5 Å². The van der Waals surface area contributed by atoms with Crippen molar-refractivity contribution in [3.05, 3.63) is 53.9 Å². The van der Waals surface area contributed by atoms with Gasteiger partial charge < -0.3 is 24.6 Å². The molecule has 0 spiro atoms. The fourth-order valence-electron chi connectivity index (χ4n) is 3.26. The van der Waals surface area contributed by atoms with E-state index in [2.05, 4.69) is 15.2 Å². The van der Waals surface area contributed by atoms with Crippen LogP contribution in [0.4, 0.5) is 0 Å². The Morgan fingerprint density at radius 1 is 1.21 bits per heavy atom. The zero-order valence-corrected chi connectivity index (χ0v) is 17.0. The van der Waals surface area contributed by atoms with Crippen LogP contribution in [0.5, 0.6) is 11.5 Å². The summed E-state index contributed by atoms with van der Waals surface area (Å²) >= 11 is 0. The molecule has 158 valence electrons. The van der Waals surface area contributed by atoms with Gasteiger partial charge in [-0.15, -0.1) is 0 Å². The Morgan fingerprint density at radius 3 is 2.83 bits per heavy atom. The van der Waals surface area contributed by atoms with Crippen molar-refractivity contribution in [1.82, 2.24) is 15.2 Å². The minimum Gasteiger partial charge on any atom is -0.493 e. The molecule has 1 atom stereocenters. The Bertz CT molecular complexity index is 723. The van der Waals surface area contributed by atoms with Gasteiger partial charge >= 0.3 is 0 Å². The molecule has 7 heteroatoms. The van der Waals surface area contributed by atoms with Crippen molar-refractivity contribution in [2.24, 2.45) is 0 Å². The van der Waals surface area contributed by atoms with E-state index in [9.17, 15) is 5.11 Å². The molecular formula is C22H31N3O4. The number of ether oxygens (including phenoxy) is 3. The van der Waals surface area contributed by atoms with Crippen LogP contribution in [0, 0.1) is 0 Å². The van der Waals surface area contributed by atoms with Gasteiger partial charge in [0.05, 0.1) is 20.3 Å². The van der Waals surface area contributed by atoms with Gasteiger partial charge in [-0.2, -0.15) is 0 Å². The number of morpholine rings is 1. The fourth-order valence-corrected chi connectivity index (χ4v) is 3.26. The predicted octanol–water partition coefficient (Wildman–Crippen LogP) is 1.49. The Morgan fingerprint density at radius 2 is 2.07 bits per heavy atom. The summed E-state index contributed by atoms with van der Waals surface area (Å²) in [6, 6.07) is 11.8. The second-order valence-electron chi connectivity index (χ2n) is 7.11. The molecular weight excluding hydrogens is 370 g/mol. The first kappa shape index (κ1) is 21.5. The number of nitrogens with zero attached hydrogens (tertiary/aromatic N) is 2. The van der Waals surface area contributed by atoms with Crippen LogP contribution < -0.4 is 14.8 Å². The minimum atomic E-state index is -0.550. The van der Waals surface area contributed by atoms with Crippen LogP contribution >= 0.6 is 0 Å². The third-order valence-corrected chi connectivity index (χ3v) is 4.85. The summed E-state index contributed by atoms with van der Waals surface area (Å²) in [5.41, 5.74) is 2.20. The summed E-state index contributed by atoms with van der Waals surface area (Å²) in [6.45, 7) is 5.55. The fraction of sp³-hybridized carbons (Fsp3) is 0.500. The maximum atomic E-state index is 10.3. The lowest BCUT2D eigenvalue weighted by Gasteiger charge is -2.28. The van der Waals surface area contributed by atoms with Gasteiger partial charge in [0.1, 0.15) is 12.7 Å². The standard InChI is InChI=1S/C22H31N3O4/c1-27-22-14-18(15-23-9-7-19-4-2-3-8-24-19)5-6-21(22)29-17-20(26)16-25-10-12-28-13-11-25/h2-6,8,14,20,23,26H,7,9-13,15-17H2,1H3. The molecule has 1 fully saturated rings. The highest BCUT2D eigenvalue weighted by Gasteiger charge is 2.16. The van der Waals surface area contributed by atoms with Gasteiger partial charge in [-0.25, -0.2) is 0 Å². The quantitative estimate of drug-likeness (QED) is 0.553. The number of β-amino-alcohol motifs (C(OH)–C–C–N with tert-alkyl or cyclic N) is 1. The van der Waals surface area contributed by atoms with Gasteiger partial charge in [-0.3, -0.25) is 9.88 Å². The number of methoxy groups -OCH3 is 1. The molecule has 3 rings (SSSR count). The molecule has 2 N–H and O–H groups in total. The lowest BCUT2D eigenvalue weighted by Crippen LogP contribution is -2.42. The van der Waals surface area contributed by atoms with Crippen molar-refractivity contribution in [2.45, 2.75) is 19.1 Å². The van der Waals surface area contributed by atoms with Gasteiger partial charge in [-0.1, -0.05) is 12.1 Å². The molecule has 2 heterocycles. The molecule has 1 aliphatic heterocycles. The Hall–Kier alpha value is -2.19. The smallest absolute Gasteiger partial charge is 0.161 e. The van der Waals surface area contributed by atoms with Crippen molar-refractivity contribution < 1.29 is 19.3 Å². The third kappa shape index (κ3) is 7.29. The topological polar surface area (TPSA) is 76.1 Å². The molecule has 1 aromatic heterocycles. The van der Waals surface area contributed by atoms with Crippen LogP contribution in [-0.4, -0.2) is 74.2 Å². The second kappa shape index (κ2) is 11.7. The molecule has 0 bridgehead atoms. The van der Waals surface area contributed by atoms with Gasteiger partial charge in [0.15, 0.2) is 11.5 Å². The molecule has 0 saturated carbocycles. The molecule has 1 saturated heterocycles. The summed E-state index contributed by atoms with van der Waals surface area (Å²) in [7, 11) is 1.63. The Balaban J connectivity index is 1.42. The number of aromatic nitrogens is 1. The normalized spacial score (nSPS) is 15.8. The zero-order chi connectivity index (χ0) is 20.3. The summed E-state index contributed by atoms with van der Waals surface area (Å²) in [6.07, 6.45) is 2.16. The van der Waals surface area contributed by atoms with E-state index in [1.54, 1.807) is 7.11 Å². The number of nitrogens with one attached hydrogen (secondary N) is 1. The van der Waals surface area contributed by atoms with E-state index < -0.39 is 6.10 Å². The van der Waals surface area contributed by atoms with E-state index in [0.29, 0.717) is 18.0 Å². The number of aliphatic hydroxyl groups excluding tert-OH is 1. The molecule has 1 aliphatic rings. The Labute approximate surface area is 172 Å². The summed E-state index contributed by atoms with van der Waals surface area (Å²) < 4.78 is 16.6. The molecule has 2 aromatic rings. The molecule has 0 aliphatic carbocycles. The van der Waals surface area contributed by atoms with E-state index in [0.717, 1.165) is 57.1 Å². The number of aliphatic hydroxyl groups is 1. The molecule has 7 nitrogen and oxygen atoms in total. The molecule has 1 unspecified atom stereocenters. The van der Waals surface area contributed by atoms with E-state index in [-0.39, 0.29) is 6.61 Å². The van der Waals surface area contributed by atoms with Gasteiger partial charge in [0.25, 0.3) is 0 Å². The van der Waals surface area contributed by atoms with E-state index in [1.165, 1.54) is 0 Å². The first-order chi connectivity index (χ1) is 14.2. The number of rotatable bonds is 11. The summed E-state index contributed by atoms with van der Waals surface area (Å²) in [4.78, 5) is 6.52. The largest absolute Gasteiger partial charge is 0.493 e. The number of hydrogen-bond acceptors (Lipinski definition) is 7. The van der Waals surface area contributed by atoms with Gasteiger partial charge in [0.2, 0.25) is 0 Å². The van der Waals surface area contributed by atoms with Gasteiger partial charge in [0, 0.05) is 51.0 Å². The second-order valence-corrected chi connectivity index (χ2v) is 7.11. The third-order valence-electron chi connectivity index (χ3n) is 4.85. The molecule has 0 amide bonds. The molecule has 0 radical (unpaired) electrons. The van der Waals surface area contributed by atoms with Gasteiger partial charge in [-0.05, 0) is 29.8 Å². The number of pyridine rings is 1. The highest BCUT2D eigenvalue weighted by Crippen LogP contribution is 2.28. The van der Waals surface area contributed by atoms with Crippen LogP contribution in [0.25, 0.3) is 0 Å².